The van der Waals surface area contributed by atoms with E-state index in [1.54, 1.807) is 30.3 Å². The van der Waals surface area contributed by atoms with Gasteiger partial charge in [-0.2, -0.15) is 5.26 Å². The van der Waals surface area contributed by atoms with Crippen molar-refractivity contribution in [1.29, 1.82) is 5.26 Å². The van der Waals surface area contributed by atoms with Crippen LogP contribution in [0.3, 0.4) is 0 Å². The summed E-state index contributed by atoms with van der Waals surface area (Å²) in [7, 11) is 3.82. The summed E-state index contributed by atoms with van der Waals surface area (Å²) in [4.78, 5) is 95.5. The number of fused-ring (bicyclic) bond motifs is 1. The van der Waals surface area contributed by atoms with Crippen LogP contribution in [0.4, 0.5) is 10.5 Å². The Balaban J connectivity index is 0.000000722. The van der Waals surface area contributed by atoms with Gasteiger partial charge in [0, 0.05) is 26.4 Å². The first-order valence-corrected chi connectivity index (χ1v) is 21.2. The predicted octanol–water partition coefficient (Wildman–Crippen LogP) is 2.38. The molecule has 0 unspecified atom stereocenters. The lowest BCUT2D eigenvalue weighted by Gasteiger charge is -2.30. The van der Waals surface area contributed by atoms with Crippen molar-refractivity contribution in [2.24, 2.45) is 5.73 Å². The Morgan fingerprint density at radius 3 is 2.31 bits per heavy atom. The molecule has 3 aromatic rings. The SMILES string of the molecule is CC(=O)NCCCC[C@H](NC(=O)[C@H](CCCCN(C)C)NC(=O)[C@@H]1CCCN1C(=O)[C@H](CCC(N)=O)NC(=O)OCc1ccccc1)C(=O)O.N#Cc1nc2c(N)cccc2s1. The number of hydrogen-bond acceptors (Lipinski definition) is 13. The highest BCUT2D eigenvalue weighted by Crippen LogP contribution is 2.25. The maximum Gasteiger partial charge on any atom is 0.408 e. The normalized spacial score (nSPS) is 14.6. The van der Waals surface area contributed by atoms with Gasteiger partial charge < -0.3 is 52.4 Å². The fourth-order valence-electron chi connectivity index (χ4n) is 6.55. The van der Waals surface area contributed by atoms with E-state index in [4.69, 9.17) is 21.5 Å². The second kappa shape index (κ2) is 26.1. The Bertz CT molecular complexity index is 2020. The van der Waals surface area contributed by atoms with Gasteiger partial charge in [0.2, 0.25) is 29.5 Å². The van der Waals surface area contributed by atoms with Crippen LogP contribution in [-0.2, 0) is 40.1 Å². The van der Waals surface area contributed by atoms with E-state index in [0.717, 1.165) is 28.7 Å². The number of alkyl carbamates (subject to hydrolysis) is 1. The number of carbonyl (C=O) groups excluding carboxylic acids is 6. The number of amides is 6. The zero-order valence-corrected chi connectivity index (χ0v) is 36.2. The molecule has 20 heteroatoms. The Kier molecular flexibility index (Phi) is 21.1. The van der Waals surface area contributed by atoms with Crippen molar-refractivity contribution >= 4 is 68.8 Å². The molecule has 19 nitrogen and oxygen atoms in total. The van der Waals surface area contributed by atoms with E-state index >= 15 is 0 Å². The lowest BCUT2D eigenvalue weighted by molar-refractivity contribution is -0.143. The number of likely N-dealkylation sites (tertiary alicyclic amines) is 1. The third kappa shape index (κ3) is 17.3. The minimum absolute atomic E-state index is 0.0457. The molecule has 0 radical (unpaired) electrons. The maximum atomic E-state index is 13.7. The summed E-state index contributed by atoms with van der Waals surface area (Å²) in [6.45, 7) is 2.66. The van der Waals surface area contributed by atoms with Crippen LogP contribution in [0.25, 0.3) is 10.2 Å². The summed E-state index contributed by atoms with van der Waals surface area (Å²) in [5.41, 5.74) is 13.1. The number of benzene rings is 2. The molecule has 1 aromatic heterocycles. The third-order valence-electron chi connectivity index (χ3n) is 9.76. The molecule has 4 atom stereocenters. The Labute approximate surface area is 364 Å². The van der Waals surface area contributed by atoms with Gasteiger partial charge in [0.1, 0.15) is 42.4 Å². The number of nitrogens with two attached hydrogens (primary N) is 2. The number of primary amides is 1. The van der Waals surface area contributed by atoms with Crippen molar-refractivity contribution in [3.8, 4) is 6.07 Å². The number of aromatic nitrogens is 1. The monoisotopic (exact) mass is 878 g/mol. The van der Waals surface area contributed by atoms with Crippen LogP contribution < -0.4 is 32.7 Å². The van der Waals surface area contributed by atoms with Crippen molar-refractivity contribution in [2.45, 2.75) is 102 Å². The molecule has 9 N–H and O–H groups in total. The van der Waals surface area contributed by atoms with Crippen molar-refractivity contribution in [2.75, 3.05) is 39.5 Å². The summed E-state index contributed by atoms with van der Waals surface area (Å²) in [6, 6.07) is 12.0. The summed E-state index contributed by atoms with van der Waals surface area (Å²) >= 11 is 1.36. The van der Waals surface area contributed by atoms with Gasteiger partial charge in [0.15, 0.2) is 5.01 Å². The number of aliphatic carboxylic acids is 1. The van der Waals surface area contributed by atoms with Crippen molar-refractivity contribution in [3.63, 3.8) is 0 Å². The summed E-state index contributed by atoms with van der Waals surface area (Å²) in [6.07, 6.45) is 2.17. The van der Waals surface area contributed by atoms with Crippen LogP contribution in [0.2, 0.25) is 0 Å². The number of ether oxygens (including phenoxy) is 1. The van der Waals surface area contributed by atoms with Crippen LogP contribution in [0.15, 0.2) is 48.5 Å². The number of carboxylic acid groups (broad SMARTS) is 1. The topological polar surface area (TPSA) is 292 Å². The average molecular weight is 879 g/mol. The van der Waals surface area contributed by atoms with E-state index in [-0.39, 0.29) is 44.7 Å². The first-order valence-electron chi connectivity index (χ1n) is 20.4. The number of thiazole rings is 1. The van der Waals surface area contributed by atoms with Crippen LogP contribution in [-0.4, -0.2) is 119 Å². The number of nitriles is 1. The summed E-state index contributed by atoms with van der Waals surface area (Å²) < 4.78 is 6.23. The van der Waals surface area contributed by atoms with E-state index in [0.29, 0.717) is 49.3 Å². The fourth-order valence-corrected chi connectivity index (χ4v) is 7.35. The average Bonchev–Trinajstić information content (AvgIpc) is 3.91. The summed E-state index contributed by atoms with van der Waals surface area (Å²) in [5, 5.41) is 29.3. The summed E-state index contributed by atoms with van der Waals surface area (Å²) in [5.74, 6) is -3.94. The van der Waals surface area contributed by atoms with E-state index in [1.165, 1.54) is 23.2 Å². The number of carboxylic acids is 1. The van der Waals surface area contributed by atoms with E-state index in [1.807, 2.05) is 43.3 Å². The lowest BCUT2D eigenvalue weighted by atomic mass is 10.0. The van der Waals surface area contributed by atoms with Gasteiger partial charge in [-0.25, -0.2) is 14.6 Å². The largest absolute Gasteiger partial charge is 0.480 e. The van der Waals surface area contributed by atoms with Gasteiger partial charge in [-0.15, -0.1) is 11.3 Å². The number of unbranched alkanes of at least 4 members (excludes halogenated alkanes) is 2. The quantitative estimate of drug-likeness (QED) is 0.0565. The second-order valence-electron chi connectivity index (χ2n) is 15.0. The van der Waals surface area contributed by atoms with Crippen molar-refractivity contribution < 1.29 is 43.4 Å². The standard InChI is InChI=1S/C34H53N7O9.C8H5N3S/c1-23(42)36-19-9-7-15-27(33(47)48)38-30(44)25(14-8-10-20-40(2)3)37-31(45)28-16-11-21-41(28)32(46)26(17-18-29(35)43)39-34(49)50-22-24-12-5-4-6-13-24;9-4-7-11-8-5(10)2-1-3-6(8)12-7/h4-6,12-13,25-28H,7-11,14-22H2,1-3H3,(H2,35,43)(H,36,42)(H,37,45)(H,38,44)(H,39,49)(H,47,48);1-3H,10H2/t25-,26-,27-,28-;/m0./s1. The third-order valence-corrected chi connectivity index (χ3v) is 10.7. The molecule has 0 aliphatic carbocycles. The van der Waals surface area contributed by atoms with Crippen LogP contribution >= 0.6 is 11.3 Å². The number of para-hydroxylation sites is 1. The first kappa shape index (κ1) is 50.0. The number of rotatable bonds is 22. The molecule has 336 valence electrons. The molecular formula is C42H58N10O9S. The predicted molar refractivity (Wildman–Crippen MR) is 232 cm³/mol. The van der Waals surface area contributed by atoms with Gasteiger partial charge in [-0.1, -0.05) is 36.4 Å². The number of hydrogen-bond donors (Lipinski definition) is 7. The minimum atomic E-state index is -1.22. The molecule has 62 heavy (non-hydrogen) atoms. The molecule has 0 saturated carbocycles. The molecule has 4 rings (SSSR count). The number of carbonyl (C=O) groups is 7. The number of anilines is 1. The minimum Gasteiger partial charge on any atom is -0.480 e. The molecule has 1 aliphatic heterocycles. The number of nitrogens with one attached hydrogen (secondary N) is 4. The van der Waals surface area contributed by atoms with Crippen LogP contribution in [0.5, 0.6) is 0 Å². The number of nitrogen functional groups attached to an aromatic ring is 1. The van der Waals surface area contributed by atoms with Crippen molar-refractivity contribution in [3.05, 3.63) is 59.1 Å². The van der Waals surface area contributed by atoms with E-state index in [2.05, 4.69) is 26.3 Å². The smallest absolute Gasteiger partial charge is 0.408 e. The van der Waals surface area contributed by atoms with E-state index < -0.39 is 59.9 Å². The second-order valence-corrected chi connectivity index (χ2v) is 16.0. The highest BCUT2D eigenvalue weighted by Gasteiger charge is 2.39. The molecule has 1 aliphatic rings. The Morgan fingerprint density at radius 2 is 1.66 bits per heavy atom. The molecule has 0 bridgehead atoms. The highest BCUT2D eigenvalue weighted by atomic mass is 32.1. The molecule has 0 spiro atoms. The molecule has 2 heterocycles. The van der Waals surface area contributed by atoms with Crippen LogP contribution in [0.1, 0.15) is 81.7 Å². The lowest BCUT2D eigenvalue weighted by Crippen LogP contribution is -2.57. The Morgan fingerprint density at radius 1 is 0.952 bits per heavy atom. The zero-order valence-electron chi connectivity index (χ0n) is 35.4. The van der Waals surface area contributed by atoms with Gasteiger partial charge in [0.25, 0.3) is 0 Å². The van der Waals surface area contributed by atoms with Gasteiger partial charge in [-0.3, -0.25) is 24.0 Å². The number of nitrogens with zero attached hydrogens (tertiary/aromatic N) is 4. The van der Waals surface area contributed by atoms with Crippen LogP contribution in [0, 0.1) is 11.3 Å². The molecule has 6 amide bonds. The zero-order chi connectivity index (χ0) is 45.6. The highest BCUT2D eigenvalue weighted by molar-refractivity contribution is 7.19. The first-order chi connectivity index (χ1) is 29.6. The van der Waals surface area contributed by atoms with Gasteiger partial charge in [0.05, 0.1) is 10.4 Å². The van der Waals surface area contributed by atoms with Gasteiger partial charge >= 0.3 is 12.1 Å². The maximum absolute atomic E-state index is 13.7. The van der Waals surface area contributed by atoms with E-state index in [9.17, 15) is 38.7 Å². The molecule has 1 fully saturated rings. The molecular weight excluding hydrogens is 821 g/mol. The molecule has 2 aromatic carbocycles. The van der Waals surface area contributed by atoms with Gasteiger partial charge in [-0.05, 0) is 96.1 Å². The van der Waals surface area contributed by atoms with Crippen molar-refractivity contribution in [1.82, 2.24) is 36.1 Å². The Hall–Kier alpha value is -6.33. The fraction of sp³-hybridized carbons (Fsp3) is 0.500. The molecule has 1 saturated heterocycles.